The maximum atomic E-state index is 11.7. The number of aryl methyl sites for hydroxylation is 1. The highest BCUT2D eigenvalue weighted by Crippen LogP contribution is 2.08. The first-order valence-electron chi connectivity index (χ1n) is 5.53. The van der Waals surface area contributed by atoms with E-state index in [-0.39, 0.29) is 11.6 Å². The van der Waals surface area contributed by atoms with Crippen LogP contribution < -0.4 is 5.69 Å². The summed E-state index contributed by atoms with van der Waals surface area (Å²) in [7, 11) is 0. The molecule has 2 atom stereocenters. The summed E-state index contributed by atoms with van der Waals surface area (Å²) in [5, 5.41) is 9.81. The lowest BCUT2D eigenvalue weighted by molar-refractivity contribution is 0.0954. The topological polar surface area (TPSA) is 47.2 Å². The average Bonchev–Trinajstić information content (AvgIpc) is 2.58. The van der Waals surface area contributed by atoms with Crippen molar-refractivity contribution >= 4 is 0 Å². The van der Waals surface area contributed by atoms with Crippen LogP contribution in [0.1, 0.15) is 27.2 Å². The predicted octanol–water partition coefficient (Wildman–Crippen LogP) is 1.08. The number of hydrogen-bond acceptors (Lipinski definition) is 2. The minimum absolute atomic E-state index is 0.0418. The number of aliphatic hydroxyl groups is 1. The molecule has 0 radical (unpaired) electrons. The molecule has 1 N–H and O–H groups in total. The first kappa shape index (κ1) is 12.0. The van der Waals surface area contributed by atoms with Crippen LogP contribution in [0, 0.1) is 5.92 Å². The van der Waals surface area contributed by atoms with Crippen molar-refractivity contribution in [2.75, 3.05) is 0 Å². The lowest BCUT2D eigenvalue weighted by Gasteiger charge is -2.16. The van der Waals surface area contributed by atoms with E-state index in [0.29, 0.717) is 13.1 Å². The summed E-state index contributed by atoms with van der Waals surface area (Å²) >= 11 is 0. The fourth-order valence-electron chi connectivity index (χ4n) is 1.49. The Hall–Kier alpha value is -1.03. The largest absolute Gasteiger partial charge is 0.391 e. The van der Waals surface area contributed by atoms with Gasteiger partial charge in [0, 0.05) is 18.9 Å². The molecule has 0 saturated heterocycles. The van der Waals surface area contributed by atoms with E-state index in [1.54, 1.807) is 21.5 Å². The molecule has 1 heterocycles. The van der Waals surface area contributed by atoms with Crippen molar-refractivity contribution in [2.24, 2.45) is 5.92 Å². The van der Waals surface area contributed by atoms with Gasteiger partial charge in [-0.3, -0.25) is 9.13 Å². The van der Waals surface area contributed by atoms with Crippen molar-refractivity contribution in [3.8, 4) is 0 Å². The summed E-state index contributed by atoms with van der Waals surface area (Å²) in [6.07, 6.45) is 3.97. The van der Waals surface area contributed by atoms with E-state index in [1.165, 1.54) is 0 Å². The number of rotatable bonds is 5. The molecule has 0 saturated carbocycles. The lowest BCUT2D eigenvalue weighted by Crippen LogP contribution is -2.31. The van der Waals surface area contributed by atoms with Crippen molar-refractivity contribution < 1.29 is 5.11 Å². The van der Waals surface area contributed by atoms with Gasteiger partial charge in [0.2, 0.25) is 0 Å². The Morgan fingerprint density at radius 2 is 1.93 bits per heavy atom. The molecular weight excluding hydrogens is 192 g/mol. The monoisotopic (exact) mass is 212 g/mol. The molecule has 1 aromatic rings. The molecule has 0 aliphatic rings. The summed E-state index contributed by atoms with van der Waals surface area (Å²) in [4.78, 5) is 11.7. The third kappa shape index (κ3) is 2.72. The zero-order valence-electron chi connectivity index (χ0n) is 9.68. The van der Waals surface area contributed by atoms with Gasteiger partial charge < -0.3 is 5.11 Å². The van der Waals surface area contributed by atoms with Crippen molar-refractivity contribution in [2.45, 2.75) is 46.4 Å². The van der Waals surface area contributed by atoms with E-state index in [2.05, 4.69) is 0 Å². The minimum atomic E-state index is -0.444. The third-order valence-corrected chi connectivity index (χ3v) is 2.94. The Morgan fingerprint density at radius 1 is 1.33 bits per heavy atom. The second-order valence-corrected chi connectivity index (χ2v) is 3.97. The summed E-state index contributed by atoms with van der Waals surface area (Å²) in [5.41, 5.74) is -0.0418. The van der Waals surface area contributed by atoms with Gasteiger partial charge in [0.15, 0.2) is 0 Å². The van der Waals surface area contributed by atoms with E-state index in [0.717, 1.165) is 6.42 Å². The van der Waals surface area contributed by atoms with E-state index in [1.807, 2.05) is 20.8 Å². The number of aromatic nitrogens is 2. The lowest BCUT2D eigenvalue weighted by atomic mass is 10.0. The first-order valence-corrected chi connectivity index (χ1v) is 5.53. The quantitative estimate of drug-likeness (QED) is 0.793. The molecular formula is C11H20N2O2. The van der Waals surface area contributed by atoms with Gasteiger partial charge in [-0.25, -0.2) is 4.79 Å². The van der Waals surface area contributed by atoms with Crippen LogP contribution in [0.15, 0.2) is 17.2 Å². The zero-order chi connectivity index (χ0) is 11.4. The second kappa shape index (κ2) is 5.16. The Kier molecular flexibility index (Phi) is 4.15. The van der Waals surface area contributed by atoms with E-state index < -0.39 is 6.10 Å². The van der Waals surface area contributed by atoms with Gasteiger partial charge in [-0.05, 0) is 12.8 Å². The number of hydrogen-bond donors (Lipinski definition) is 1. The Balaban J connectivity index is 2.73. The van der Waals surface area contributed by atoms with Gasteiger partial charge in [-0.15, -0.1) is 0 Å². The van der Waals surface area contributed by atoms with Gasteiger partial charge in [0.25, 0.3) is 0 Å². The smallest absolute Gasteiger partial charge is 0.328 e. The van der Waals surface area contributed by atoms with Gasteiger partial charge in [0.1, 0.15) is 0 Å². The molecule has 4 nitrogen and oxygen atoms in total. The summed E-state index contributed by atoms with van der Waals surface area (Å²) < 4.78 is 3.20. The second-order valence-electron chi connectivity index (χ2n) is 3.97. The molecule has 0 aliphatic carbocycles. The van der Waals surface area contributed by atoms with Crippen LogP contribution in [0.2, 0.25) is 0 Å². The van der Waals surface area contributed by atoms with Gasteiger partial charge in [-0.2, -0.15) is 0 Å². The molecule has 1 rings (SSSR count). The molecule has 15 heavy (non-hydrogen) atoms. The molecule has 0 bridgehead atoms. The third-order valence-electron chi connectivity index (χ3n) is 2.94. The van der Waals surface area contributed by atoms with Crippen LogP contribution in [0.3, 0.4) is 0 Å². The number of nitrogens with zero attached hydrogens (tertiary/aromatic N) is 2. The number of imidazole rings is 1. The van der Waals surface area contributed by atoms with E-state index in [9.17, 15) is 9.90 Å². The molecule has 0 fully saturated rings. The van der Waals surface area contributed by atoms with Crippen LogP contribution in [0.25, 0.3) is 0 Å². The molecule has 2 unspecified atom stereocenters. The van der Waals surface area contributed by atoms with Crippen LogP contribution in [0.4, 0.5) is 0 Å². The highest BCUT2D eigenvalue weighted by molar-refractivity contribution is 4.82. The molecule has 0 amide bonds. The summed E-state index contributed by atoms with van der Waals surface area (Å²) in [6, 6.07) is 0. The maximum absolute atomic E-state index is 11.7. The molecule has 0 aromatic carbocycles. The van der Waals surface area contributed by atoms with Gasteiger partial charge in [0.05, 0.1) is 12.6 Å². The number of aliphatic hydroxyl groups excluding tert-OH is 1. The normalized spacial score (nSPS) is 15.2. The highest BCUT2D eigenvalue weighted by Gasteiger charge is 2.14. The summed E-state index contributed by atoms with van der Waals surface area (Å²) in [5.74, 6) is 0.224. The standard InChI is InChI=1S/C11H20N2O2/c1-4-9(3)10(14)8-13-7-6-12(5-2)11(13)15/h6-7,9-10,14H,4-5,8H2,1-3H3. The SMILES string of the molecule is CCC(C)C(O)Cn1ccn(CC)c1=O. The molecule has 86 valence electrons. The Morgan fingerprint density at radius 3 is 2.40 bits per heavy atom. The Labute approximate surface area is 90.2 Å². The fourth-order valence-corrected chi connectivity index (χ4v) is 1.49. The minimum Gasteiger partial charge on any atom is -0.391 e. The average molecular weight is 212 g/mol. The van der Waals surface area contributed by atoms with E-state index >= 15 is 0 Å². The van der Waals surface area contributed by atoms with Crippen LogP contribution in [-0.2, 0) is 13.1 Å². The predicted molar refractivity (Wildman–Crippen MR) is 59.8 cm³/mol. The fraction of sp³-hybridized carbons (Fsp3) is 0.727. The molecule has 0 aliphatic heterocycles. The molecule has 1 aromatic heterocycles. The maximum Gasteiger partial charge on any atom is 0.328 e. The van der Waals surface area contributed by atoms with Crippen LogP contribution in [-0.4, -0.2) is 20.3 Å². The van der Waals surface area contributed by atoms with E-state index in [4.69, 9.17) is 0 Å². The summed E-state index contributed by atoms with van der Waals surface area (Å²) in [6.45, 7) is 7.02. The molecule has 0 spiro atoms. The first-order chi connectivity index (χ1) is 7.10. The van der Waals surface area contributed by atoms with Crippen molar-refractivity contribution in [1.29, 1.82) is 0 Å². The van der Waals surface area contributed by atoms with Crippen molar-refractivity contribution in [1.82, 2.24) is 9.13 Å². The highest BCUT2D eigenvalue weighted by atomic mass is 16.3. The van der Waals surface area contributed by atoms with Crippen LogP contribution >= 0.6 is 0 Å². The molecule has 4 heteroatoms. The van der Waals surface area contributed by atoms with Gasteiger partial charge in [-0.1, -0.05) is 20.3 Å². The van der Waals surface area contributed by atoms with Crippen LogP contribution in [0.5, 0.6) is 0 Å². The van der Waals surface area contributed by atoms with Crippen molar-refractivity contribution in [3.05, 3.63) is 22.9 Å². The zero-order valence-corrected chi connectivity index (χ0v) is 9.68. The van der Waals surface area contributed by atoms with Gasteiger partial charge >= 0.3 is 5.69 Å². The Bertz CT molecular complexity index is 354. The van der Waals surface area contributed by atoms with Crippen molar-refractivity contribution in [3.63, 3.8) is 0 Å².